The molecule has 0 spiro atoms. The molecule has 1 fully saturated rings. The van der Waals surface area contributed by atoms with Crippen molar-refractivity contribution in [3.63, 3.8) is 0 Å². The fourth-order valence-electron chi connectivity index (χ4n) is 3.78. The summed E-state index contributed by atoms with van der Waals surface area (Å²) in [6.45, 7) is 11.8. The van der Waals surface area contributed by atoms with E-state index in [4.69, 9.17) is 8.61 Å². The summed E-state index contributed by atoms with van der Waals surface area (Å²) in [7, 11) is -5.67. The lowest BCUT2D eigenvalue weighted by atomic mass is 9.66. The highest BCUT2D eigenvalue weighted by Gasteiger charge is 2.51. The molecule has 3 atom stereocenters. The van der Waals surface area contributed by atoms with Crippen molar-refractivity contribution in [3.8, 4) is 0 Å². The van der Waals surface area contributed by atoms with Gasteiger partial charge in [0.2, 0.25) is 0 Å². The summed E-state index contributed by atoms with van der Waals surface area (Å²) in [6.07, 6.45) is 0.132. The zero-order valence-electron chi connectivity index (χ0n) is 17.6. The molecule has 28 heavy (non-hydrogen) atoms. The van der Waals surface area contributed by atoms with Crippen molar-refractivity contribution < 1.29 is 26.9 Å². The minimum Gasteiger partial charge on any atom is -0.479 e. The number of aryl methyl sites for hydroxylation is 1. The molecular weight excluding hydrogens is 396 g/mol. The standard InChI is InChI=1S/C20H32O6SSi/c1-14-7-9-17(10-8-14)27(23,24)25-16-11-15(19(2,3)4)12-20(13-16,18(21)22)26-28(5)6/h7-10,15-16,28H,11-13H2,1-6H3,(H,21,22)/t15-,16-,20-/m0/s1. The molecule has 1 aromatic carbocycles. The Hall–Kier alpha value is -1.22. The molecule has 1 aromatic rings. The van der Waals surface area contributed by atoms with Crippen LogP contribution in [0.25, 0.3) is 0 Å². The van der Waals surface area contributed by atoms with Crippen LogP contribution >= 0.6 is 0 Å². The molecule has 6 nitrogen and oxygen atoms in total. The van der Waals surface area contributed by atoms with Crippen LogP contribution in [0.15, 0.2) is 29.2 Å². The van der Waals surface area contributed by atoms with Crippen LogP contribution in [0.3, 0.4) is 0 Å². The molecule has 1 saturated carbocycles. The molecule has 0 unspecified atom stereocenters. The van der Waals surface area contributed by atoms with Gasteiger partial charge in [-0.15, -0.1) is 0 Å². The predicted molar refractivity (Wildman–Crippen MR) is 110 cm³/mol. The van der Waals surface area contributed by atoms with Gasteiger partial charge in [0.05, 0.1) is 11.0 Å². The van der Waals surface area contributed by atoms with E-state index in [-0.39, 0.29) is 22.6 Å². The molecular formula is C20H32O6SSi. The van der Waals surface area contributed by atoms with Crippen molar-refractivity contribution in [2.75, 3.05) is 0 Å². The van der Waals surface area contributed by atoms with Crippen molar-refractivity contribution in [1.29, 1.82) is 0 Å². The van der Waals surface area contributed by atoms with E-state index < -0.39 is 36.8 Å². The SMILES string of the molecule is Cc1ccc(S(=O)(=O)O[C@H]2C[C@H](C(C)(C)C)C[C@@](O[SiH](C)C)(C(=O)O)C2)cc1. The Kier molecular flexibility index (Phi) is 6.80. The van der Waals surface area contributed by atoms with Gasteiger partial charge in [-0.3, -0.25) is 4.18 Å². The molecule has 0 bridgehead atoms. The Bertz CT molecular complexity index is 797. The van der Waals surface area contributed by atoms with E-state index in [1.54, 1.807) is 12.1 Å². The van der Waals surface area contributed by atoms with Crippen LogP contribution in [0.1, 0.15) is 45.6 Å². The minimum atomic E-state index is -3.99. The number of rotatable bonds is 6. The first-order valence-corrected chi connectivity index (χ1v) is 13.9. The molecule has 1 aliphatic carbocycles. The molecule has 0 heterocycles. The minimum absolute atomic E-state index is 0.0329. The van der Waals surface area contributed by atoms with Crippen molar-refractivity contribution >= 4 is 25.1 Å². The lowest BCUT2D eigenvalue weighted by Crippen LogP contribution is -2.54. The highest BCUT2D eigenvalue weighted by Crippen LogP contribution is 2.45. The van der Waals surface area contributed by atoms with E-state index in [0.29, 0.717) is 12.8 Å². The molecule has 1 N–H and O–H groups in total. The van der Waals surface area contributed by atoms with Crippen LogP contribution in [0.2, 0.25) is 13.1 Å². The number of hydrogen-bond donors (Lipinski definition) is 1. The van der Waals surface area contributed by atoms with Crippen LogP contribution in [0.5, 0.6) is 0 Å². The van der Waals surface area contributed by atoms with Crippen LogP contribution in [-0.2, 0) is 23.5 Å². The first-order chi connectivity index (χ1) is 12.7. The van der Waals surface area contributed by atoms with Gasteiger partial charge in [0.15, 0.2) is 14.6 Å². The van der Waals surface area contributed by atoms with Crippen LogP contribution in [0, 0.1) is 18.3 Å². The van der Waals surface area contributed by atoms with Gasteiger partial charge in [-0.25, -0.2) is 4.79 Å². The van der Waals surface area contributed by atoms with Crippen molar-refractivity contribution in [1.82, 2.24) is 0 Å². The molecule has 8 heteroatoms. The third-order valence-electron chi connectivity index (χ3n) is 5.33. The fourth-order valence-corrected chi connectivity index (χ4v) is 6.06. The molecule has 1 aliphatic rings. The summed E-state index contributed by atoms with van der Waals surface area (Å²) in [5, 5.41) is 9.98. The van der Waals surface area contributed by atoms with Gasteiger partial charge < -0.3 is 9.53 Å². The van der Waals surface area contributed by atoms with Gasteiger partial charge in [0.1, 0.15) is 0 Å². The smallest absolute Gasteiger partial charge is 0.334 e. The van der Waals surface area contributed by atoms with Crippen LogP contribution in [-0.4, -0.2) is 40.2 Å². The van der Waals surface area contributed by atoms with Gasteiger partial charge in [-0.2, -0.15) is 8.42 Å². The number of benzene rings is 1. The van der Waals surface area contributed by atoms with E-state index in [1.807, 2.05) is 40.8 Å². The summed E-state index contributed by atoms with van der Waals surface area (Å²) in [4.78, 5) is 12.3. The molecule has 0 amide bonds. The summed E-state index contributed by atoms with van der Waals surface area (Å²) < 4.78 is 37.1. The second-order valence-corrected chi connectivity index (χ2v) is 13.1. The summed E-state index contributed by atoms with van der Waals surface area (Å²) >= 11 is 0. The van der Waals surface area contributed by atoms with Gasteiger partial charge in [0, 0.05) is 6.42 Å². The second kappa shape index (κ2) is 8.26. The Labute approximate surface area is 170 Å². The van der Waals surface area contributed by atoms with Crippen LogP contribution < -0.4 is 0 Å². The number of carboxylic acid groups (broad SMARTS) is 1. The van der Waals surface area contributed by atoms with E-state index in [1.165, 1.54) is 12.1 Å². The number of carboxylic acids is 1. The maximum Gasteiger partial charge on any atom is 0.334 e. The average Bonchev–Trinajstić information content (AvgIpc) is 2.52. The Morgan fingerprint density at radius 3 is 2.21 bits per heavy atom. The maximum absolute atomic E-state index is 12.8. The first-order valence-electron chi connectivity index (χ1n) is 9.66. The first kappa shape index (κ1) is 23.1. The van der Waals surface area contributed by atoms with E-state index in [0.717, 1.165) is 5.56 Å². The summed E-state index contributed by atoms with van der Waals surface area (Å²) in [6, 6.07) is 6.45. The lowest BCUT2D eigenvalue weighted by molar-refractivity contribution is -0.166. The average molecular weight is 429 g/mol. The number of carbonyl (C=O) groups is 1. The third kappa shape index (κ3) is 5.43. The van der Waals surface area contributed by atoms with Crippen molar-refractivity contribution in [3.05, 3.63) is 29.8 Å². The monoisotopic (exact) mass is 428 g/mol. The number of hydrogen-bond acceptors (Lipinski definition) is 5. The van der Waals surface area contributed by atoms with Gasteiger partial charge in [-0.05, 0) is 56.3 Å². The highest BCUT2D eigenvalue weighted by molar-refractivity contribution is 7.86. The molecule has 0 saturated heterocycles. The van der Waals surface area contributed by atoms with Crippen LogP contribution in [0.4, 0.5) is 0 Å². The zero-order chi connectivity index (χ0) is 21.3. The highest BCUT2D eigenvalue weighted by atomic mass is 32.2. The molecule has 0 radical (unpaired) electrons. The van der Waals surface area contributed by atoms with Crippen molar-refractivity contribution in [2.24, 2.45) is 11.3 Å². The van der Waals surface area contributed by atoms with Gasteiger partial charge in [-0.1, -0.05) is 38.5 Å². The Morgan fingerprint density at radius 2 is 1.75 bits per heavy atom. The topological polar surface area (TPSA) is 89.9 Å². The molecule has 158 valence electrons. The predicted octanol–water partition coefficient (Wildman–Crippen LogP) is 3.74. The zero-order valence-corrected chi connectivity index (χ0v) is 19.5. The Morgan fingerprint density at radius 1 is 1.18 bits per heavy atom. The maximum atomic E-state index is 12.8. The number of aliphatic carboxylic acids is 1. The molecule has 0 aromatic heterocycles. The van der Waals surface area contributed by atoms with E-state index in [9.17, 15) is 18.3 Å². The van der Waals surface area contributed by atoms with Crippen molar-refractivity contribution in [2.45, 2.75) is 76.7 Å². The normalized spacial score (nSPS) is 26.4. The summed E-state index contributed by atoms with van der Waals surface area (Å²) in [5.74, 6) is -1.08. The van der Waals surface area contributed by atoms with E-state index >= 15 is 0 Å². The summed E-state index contributed by atoms with van der Waals surface area (Å²) in [5.41, 5.74) is -0.646. The largest absolute Gasteiger partial charge is 0.479 e. The third-order valence-corrected chi connectivity index (χ3v) is 7.63. The second-order valence-electron chi connectivity index (χ2n) is 9.16. The Balaban J connectivity index is 2.36. The lowest BCUT2D eigenvalue weighted by Gasteiger charge is -2.46. The van der Waals surface area contributed by atoms with Gasteiger partial charge >= 0.3 is 5.97 Å². The molecule has 2 rings (SSSR count). The molecule has 0 aliphatic heterocycles. The fraction of sp³-hybridized carbons (Fsp3) is 0.650. The van der Waals surface area contributed by atoms with E-state index in [2.05, 4.69) is 0 Å². The van der Waals surface area contributed by atoms with Gasteiger partial charge in [0.25, 0.3) is 10.1 Å². The quantitative estimate of drug-likeness (QED) is 0.548.